The van der Waals surface area contributed by atoms with Crippen LogP contribution in [0.3, 0.4) is 0 Å². The van der Waals surface area contributed by atoms with Crippen molar-refractivity contribution in [1.82, 2.24) is 5.32 Å². The summed E-state index contributed by atoms with van der Waals surface area (Å²) in [6.07, 6.45) is 77.6. The van der Waals surface area contributed by atoms with E-state index in [1.54, 1.807) is 0 Å². The topological polar surface area (TPSA) is 69.6 Å². The third kappa shape index (κ3) is 53.8. The van der Waals surface area contributed by atoms with Gasteiger partial charge in [-0.3, -0.25) is 4.79 Å². The van der Waals surface area contributed by atoms with E-state index in [1.807, 2.05) is 0 Å². The third-order valence-electron chi connectivity index (χ3n) is 14.5. The van der Waals surface area contributed by atoms with E-state index in [0.717, 1.165) is 32.1 Å². The molecule has 0 saturated heterocycles. The van der Waals surface area contributed by atoms with Gasteiger partial charge >= 0.3 is 0 Å². The summed E-state index contributed by atoms with van der Waals surface area (Å²) in [5.41, 5.74) is 0. The van der Waals surface area contributed by atoms with E-state index >= 15 is 0 Å². The van der Waals surface area contributed by atoms with E-state index in [4.69, 9.17) is 0 Å². The predicted molar refractivity (Wildman–Crippen MR) is 295 cm³/mol. The minimum absolute atomic E-state index is 0.0243. The third-order valence-corrected chi connectivity index (χ3v) is 14.5. The van der Waals surface area contributed by atoms with Crippen molar-refractivity contribution in [3.05, 3.63) is 24.3 Å². The maximum absolute atomic E-state index is 12.5. The second kappa shape index (κ2) is 58.2. The first kappa shape index (κ1) is 64.9. The lowest BCUT2D eigenvalue weighted by Gasteiger charge is -2.22. The van der Waals surface area contributed by atoms with Gasteiger partial charge in [-0.05, 0) is 44.9 Å². The van der Waals surface area contributed by atoms with Crippen LogP contribution in [-0.4, -0.2) is 34.9 Å². The highest BCUT2D eigenvalue weighted by Gasteiger charge is 2.20. The van der Waals surface area contributed by atoms with Gasteiger partial charge in [-0.15, -0.1) is 0 Å². The molecule has 0 aromatic rings. The molecule has 392 valence electrons. The maximum Gasteiger partial charge on any atom is 0.220 e. The standard InChI is InChI=1S/C62H121NO3/c1-3-5-7-9-11-13-15-17-19-21-23-25-27-29-30-31-32-34-36-38-40-42-44-46-48-50-52-54-56-58-62(66)63-60(59-64)61(65)57-55-53-51-49-47-45-43-41-39-37-35-33-28-26-24-22-20-18-16-14-12-10-8-6-4-2/h15,17,21,23,60-61,64-65H,3-14,16,18-20,22,24-59H2,1-2H3,(H,63,66)/b17-15-,23-21-. The van der Waals surface area contributed by atoms with E-state index in [-0.39, 0.29) is 12.5 Å². The summed E-state index contributed by atoms with van der Waals surface area (Å²) < 4.78 is 0. The summed E-state index contributed by atoms with van der Waals surface area (Å²) in [7, 11) is 0. The first-order valence-corrected chi connectivity index (χ1v) is 30.5. The number of hydrogen-bond acceptors (Lipinski definition) is 3. The molecule has 0 fully saturated rings. The summed E-state index contributed by atoms with van der Waals surface area (Å²) in [6, 6.07) is -0.535. The molecule has 0 aromatic heterocycles. The fourth-order valence-corrected chi connectivity index (χ4v) is 9.81. The van der Waals surface area contributed by atoms with Gasteiger partial charge in [0.2, 0.25) is 5.91 Å². The van der Waals surface area contributed by atoms with Gasteiger partial charge in [0.1, 0.15) is 0 Å². The highest BCUT2D eigenvalue weighted by molar-refractivity contribution is 5.76. The van der Waals surface area contributed by atoms with Crippen LogP contribution < -0.4 is 5.32 Å². The van der Waals surface area contributed by atoms with Crippen LogP contribution in [-0.2, 0) is 4.79 Å². The Balaban J connectivity index is 3.41. The number of carbonyl (C=O) groups excluding carboxylic acids is 1. The predicted octanol–water partition coefficient (Wildman–Crippen LogP) is 20.3. The van der Waals surface area contributed by atoms with Gasteiger partial charge in [-0.25, -0.2) is 0 Å². The van der Waals surface area contributed by atoms with Crippen LogP contribution in [0.5, 0.6) is 0 Å². The van der Waals surface area contributed by atoms with E-state index < -0.39 is 12.1 Å². The van der Waals surface area contributed by atoms with Gasteiger partial charge in [0, 0.05) is 6.42 Å². The Labute approximate surface area is 415 Å². The number of aliphatic hydroxyl groups excluding tert-OH is 2. The zero-order valence-corrected chi connectivity index (χ0v) is 45.2. The Morgan fingerprint density at radius 1 is 0.364 bits per heavy atom. The molecule has 0 aliphatic heterocycles. The van der Waals surface area contributed by atoms with Crippen molar-refractivity contribution in [2.75, 3.05) is 6.61 Å². The molecule has 1 amide bonds. The molecular formula is C62H121NO3. The van der Waals surface area contributed by atoms with Crippen molar-refractivity contribution in [3.63, 3.8) is 0 Å². The molecule has 2 atom stereocenters. The van der Waals surface area contributed by atoms with Gasteiger partial charge in [0.25, 0.3) is 0 Å². The summed E-state index contributed by atoms with van der Waals surface area (Å²) >= 11 is 0. The van der Waals surface area contributed by atoms with Gasteiger partial charge in [0.15, 0.2) is 0 Å². The molecule has 2 unspecified atom stereocenters. The van der Waals surface area contributed by atoms with E-state index in [1.165, 1.54) is 289 Å². The second-order valence-electron chi connectivity index (χ2n) is 21.1. The number of unbranched alkanes of at least 4 members (excludes halogenated alkanes) is 46. The van der Waals surface area contributed by atoms with Crippen LogP contribution in [0.4, 0.5) is 0 Å². The lowest BCUT2D eigenvalue weighted by atomic mass is 10.0. The summed E-state index contributed by atoms with van der Waals surface area (Å²) in [5, 5.41) is 23.4. The molecule has 0 aliphatic carbocycles. The zero-order chi connectivity index (χ0) is 47.7. The number of hydrogen-bond donors (Lipinski definition) is 3. The molecule has 4 heteroatoms. The lowest BCUT2D eigenvalue weighted by molar-refractivity contribution is -0.123. The number of amides is 1. The molecule has 0 radical (unpaired) electrons. The molecule has 0 spiro atoms. The fraction of sp³-hybridized carbons (Fsp3) is 0.919. The Kier molecular flexibility index (Phi) is 57.2. The van der Waals surface area contributed by atoms with E-state index in [2.05, 4.69) is 43.5 Å². The quantitative estimate of drug-likeness (QED) is 0.0420. The minimum Gasteiger partial charge on any atom is -0.394 e. The summed E-state index contributed by atoms with van der Waals surface area (Å²) in [6.45, 7) is 4.39. The largest absolute Gasteiger partial charge is 0.394 e. The Bertz CT molecular complexity index is 963. The summed E-state index contributed by atoms with van der Waals surface area (Å²) in [4.78, 5) is 12.5. The number of rotatable bonds is 57. The monoisotopic (exact) mass is 928 g/mol. The highest BCUT2D eigenvalue weighted by atomic mass is 16.3. The number of carbonyl (C=O) groups is 1. The van der Waals surface area contributed by atoms with Gasteiger partial charge in [-0.1, -0.05) is 321 Å². The average molecular weight is 929 g/mol. The van der Waals surface area contributed by atoms with E-state index in [0.29, 0.717) is 12.8 Å². The Hall–Kier alpha value is -1.13. The maximum atomic E-state index is 12.5. The Morgan fingerprint density at radius 2 is 0.621 bits per heavy atom. The molecule has 0 bridgehead atoms. The van der Waals surface area contributed by atoms with Crippen LogP contribution in [0.2, 0.25) is 0 Å². The zero-order valence-electron chi connectivity index (χ0n) is 45.2. The van der Waals surface area contributed by atoms with Crippen molar-refractivity contribution in [2.45, 2.75) is 360 Å². The van der Waals surface area contributed by atoms with Gasteiger partial charge in [0.05, 0.1) is 18.8 Å². The molecule has 3 N–H and O–H groups in total. The second-order valence-corrected chi connectivity index (χ2v) is 21.1. The molecule has 0 aromatic carbocycles. The summed E-state index contributed by atoms with van der Waals surface area (Å²) in [5.74, 6) is -0.0243. The van der Waals surface area contributed by atoms with Crippen LogP contribution in [0.15, 0.2) is 24.3 Å². The van der Waals surface area contributed by atoms with Crippen molar-refractivity contribution >= 4 is 5.91 Å². The van der Waals surface area contributed by atoms with Gasteiger partial charge < -0.3 is 15.5 Å². The van der Waals surface area contributed by atoms with Crippen LogP contribution in [0.1, 0.15) is 348 Å². The van der Waals surface area contributed by atoms with Crippen LogP contribution in [0, 0.1) is 0 Å². The average Bonchev–Trinajstić information content (AvgIpc) is 3.32. The van der Waals surface area contributed by atoms with Crippen molar-refractivity contribution < 1.29 is 15.0 Å². The molecule has 4 nitrogen and oxygen atoms in total. The number of allylic oxidation sites excluding steroid dienone is 4. The molecular weight excluding hydrogens is 807 g/mol. The molecule has 0 rings (SSSR count). The fourth-order valence-electron chi connectivity index (χ4n) is 9.81. The Morgan fingerprint density at radius 3 is 0.909 bits per heavy atom. The van der Waals surface area contributed by atoms with E-state index in [9.17, 15) is 15.0 Å². The first-order valence-electron chi connectivity index (χ1n) is 30.5. The smallest absolute Gasteiger partial charge is 0.220 e. The van der Waals surface area contributed by atoms with Gasteiger partial charge in [-0.2, -0.15) is 0 Å². The minimum atomic E-state index is -0.659. The van der Waals surface area contributed by atoms with Crippen LogP contribution in [0.25, 0.3) is 0 Å². The molecule has 66 heavy (non-hydrogen) atoms. The SMILES string of the molecule is CCCCCCC/C=C\C/C=C\CCCCCCCCCCCCCCCCCCCC(=O)NC(CO)C(O)CCCCCCCCCCCCCCCCCCCCCCCCCCC. The number of nitrogens with one attached hydrogen (secondary N) is 1. The molecule has 0 saturated carbocycles. The van der Waals surface area contributed by atoms with Crippen LogP contribution >= 0.6 is 0 Å². The van der Waals surface area contributed by atoms with Crippen molar-refractivity contribution in [2.24, 2.45) is 0 Å². The van der Waals surface area contributed by atoms with Crippen molar-refractivity contribution in [1.29, 1.82) is 0 Å². The molecule has 0 heterocycles. The first-order chi connectivity index (χ1) is 32.7. The number of aliphatic hydroxyl groups is 2. The normalized spacial score (nSPS) is 12.8. The highest BCUT2D eigenvalue weighted by Crippen LogP contribution is 2.18. The molecule has 0 aliphatic rings. The van der Waals surface area contributed by atoms with Crippen molar-refractivity contribution in [3.8, 4) is 0 Å². The lowest BCUT2D eigenvalue weighted by Crippen LogP contribution is -2.45.